The number of hydrogen-bond acceptors (Lipinski definition) is 3. The van der Waals surface area contributed by atoms with Gasteiger partial charge in [-0.1, -0.05) is 37.3 Å². The minimum Gasteiger partial charge on any atom is -0.392 e. The van der Waals surface area contributed by atoms with E-state index in [1.54, 1.807) is 0 Å². The fraction of sp³-hybridized carbons (Fsp3) is 0.625. The lowest BCUT2D eigenvalue weighted by atomic mass is 10.1. The van der Waals surface area contributed by atoms with Crippen LogP contribution in [0.5, 0.6) is 0 Å². The summed E-state index contributed by atoms with van der Waals surface area (Å²) in [6.07, 6.45) is 2.71. The highest BCUT2D eigenvalue weighted by molar-refractivity contribution is 5.14. The Morgan fingerprint density at radius 3 is 2.79 bits per heavy atom. The van der Waals surface area contributed by atoms with Gasteiger partial charge in [0.25, 0.3) is 0 Å². The molecule has 1 fully saturated rings. The number of aliphatic hydroxyl groups is 1. The standard InChI is InChI=1S/C16H25NO2/c1-2-16(18)12-17(15-9-11-19-13-15)10-8-14-6-4-3-5-7-14/h3-7,15-16,18H,2,8-13H2,1H3/t15?,16-/m1/s1. The van der Waals surface area contributed by atoms with Gasteiger partial charge in [0.1, 0.15) is 0 Å². The van der Waals surface area contributed by atoms with Crippen molar-refractivity contribution in [1.29, 1.82) is 0 Å². The smallest absolute Gasteiger partial charge is 0.0664 e. The summed E-state index contributed by atoms with van der Waals surface area (Å²) in [7, 11) is 0. The third-order valence-corrected chi connectivity index (χ3v) is 3.87. The van der Waals surface area contributed by atoms with E-state index in [9.17, 15) is 5.11 Å². The third-order valence-electron chi connectivity index (χ3n) is 3.87. The van der Waals surface area contributed by atoms with E-state index < -0.39 is 0 Å². The molecule has 0 amide bonds. The normalized spacial score (nSPS) is 20.9. The minimum absolute atomic E-state index is 0.226. The molecule has 1 N–H and O–H groups in total. The van der Waals surface area contributed by atoms with E-state index in [1.165, 1.54) is 5.56 Å². The van der Waals surface area contributed by atoms with Crippen LogP contribution >= 0.6 is 0 Å². The number of nitrogens with zero attached hydrogens (tertiary/aromatic N) is 1. The van der Waals surface area contributed by atoms with Gasteiger partial charge in [-0.15, -0.1) is 0 Å². The van der Waals surface area contributed by atoms with Crippen molar-refractivity contribution in [2.24, 2.45) is 0 Å². The first kappa shape index (κ1) is 14.5. The highest BCUT2D eigenvalue weighted by Crippen LogP contribution is 2.14. The van der Waals surface area contributed by atoms with Gasteiger partial charge in [0.15, 0.2) is 0 Å². The zero-order valence-corrected chi connectivity index (χ0v) is 11.8. The molecule has 1 aromatic carbocycles. The second-order valence-electron chi connectivity index (χ2n) is 5.31. The highest BCUT2D eigenvalue weighted by Gasteiger charge is 2.24. The van der Waals surface area contributed by atoms with Crippen LogP contribution in [0.25, 0.3) is 0 Å². The Labute approximate surface area is 116 Å². The van der Waals surface area contributed by atoms with Gasteiger partial charge >= 0.3 is 0 Å². The maximum Gasteiger partial charge on any atom is 0.0664 e. The van der Waals surface area contributed by atoms with Gasteiger partial charge in [-0.3, -0.25) is 4.90 Å². The van der Waals surface area contributed by atoms with E-state index in [4.69, 9.17) is 4.74 Å². The SMILES string of the molecule is CC[C@@H](O)CN(CCc1ccccc1)C1CCOC1. The molecule has 1 aliphatic rings. The van der Waals surface area contributed by atoms with Crippen molar-refractivity contribution in [3.05, 3.63) is 35.9 Å². The molecule has 1 unspecified atom stereocenters. The second kappa shape index (κ2) is 7.63. The summed E-state index contributed by atoms with van der Waals surface area (Å²) < 4.78 is 5.48. The van der Waals surface area contributed by atoms with Crippen molar-refractivity contribution in [1.82, 2.24) is 4.90 Å². The molecule has 2 rings (SSSR count). The molecule has 0 bridgehead atoms. The fourth-order valence-corrected chi connectivity index (χ4v) is 2.55. The first-order valence-electron chi connectivity index (χ1n) is 7.33. The predicted octanol–water partition coefficient (Wildman–Crippen LogP) is 2.09. The van der Waals surface area contributed by atoms with Gasteiger partial charge in [-0.2, -0.15) is 0 Å². The minimum atomic E-state index is -0.226. The van der Waals surface area contributed by atoms with Gasteiger partial charge in [0, 0.05) is 25.7 Å². The zero-order valence-electron chi connectivity index (χ0n) is 11.8. The van der Waals surface area contributed by atoms with Crippen molar-refractivity contribution < 1.29 is 9.84 Å². The van der Waals surface area contributed by atoms with Crippen molar-refractivity contribution in [2.45, 2.75) is 38.3 Å². The van der Waals surface area contributed by atoms with Crippen molar-refractivity contribution in [3.8, 4) is 0 Å². The maximum atomic E-state index is 9.90. The largest absolute Gasteiger partial charge is 0.392 e. The zero-order chi connectivity index (χ0) is 13.5. The lowest BCUT2D eigenvalue weighted by Crippen LogP contribution is -2.42. The molecule has 3 nitrogen and oxygen atoms in total. The molecule has 1 saturated heterocycles. The number of hydrogen-bond donors (Lipinski definition) is 1. The van der Waals surface area contributed by atoms with Crippen LogP contribution in [0, 0.1) is 0 Å². The summed E-state index contributed by atoms with van der Waals surface area (Å²) in [4.78, 5) is 2.40. The molecule has 0 aromatic heterocycles. The van der Waals surface area contributed by atoms with Crippen LogP contribution in [0.15, 0.2) is 30.3 Å². The molecule has 0 saturated carbocycles. The number of ether oxygens (including phenoxy) is 1. The van der Waals surface area contributed by atoms with Gasteiger partial charge in [0.05, 0.1) is 12.7 Å². The molecule has 1 heterocycles. The van der Waals surface area contributed by atoms with E-state index in [2.05, 4.69) is 29.2 Å². The van der Waals surface area contributed by atoms with E-state index >= 15 is 0 Å². The molecule has 3 heteroatoms. The van der Waals surface area contributed by atoms with E-state index in [0.29, 0.717) is 6.04 Å². The average Bonchev–Trinajstić information content (AvgIpc) is 2.98. The number of benzene rings is 1. The molecule has 0 aliphatic carbocycles. The lowest BCUT2D eigenvalue weighted by molar-refractivity contribution is 0.0769. The average molecular weight is 263 g/mol. The Bertz CT molecular complexity index is 349. The second-order valence-corrected chi connectivity index (χ2v) is 5.31. The van der Waals surface area contributed by atoms with Crippen molar-refractivity contribution in [3.63, 3.8) is 0 Å². The molecule has 19 heavy (non-hydrogen) atoms. The summed E-state index contributed by atoms with van der Waals surface area (Å²) in [5, 5.41) is 9.90. The van der Waals surface area contributed by atoms with Crippen LogP contribution in [-0.4, -0.2) is 48.5 Å². The van der Waals surface area contributed by atoms with Crippen LogP contribution in [0.1, 0.15) is 25.3 Å². The summed E-state index contributed by atoms with van der Waals surface area (Å²) in [6.45, 7) is 5.46. The molecular weight excluding hydrogens is 238 g/mol. The molecule has 0 spiro atoms. The van der Waals surface area contributed by atoms with Crippen LogP contribution in [0.4, 0.5) is 0 Å². The quantitative estimate of drug-likeness (QED) is 0.817. The summed E-state index contributed by atoms with van der Waals surface area (Å²) in [5.74, 6) is 0. The maximum absolute atomic E-state index is 9.90. The van der Waals surface area contributed by atoms with E-state index in [0.717, 1.165) is 45.6 Å². The lowest BCUT2D eigenvalue weighted by Gasteiger charge is -2.29. The molecule has 2 atom stereocenters. The molecule has 0 radical (unpaired) electrons. The fourth-order valence-electron chi connectivity index (χ4n) is 2.55. The van der Waals surface area contributed by atoms with Gasteiger partial charge in [-0.05, 0) is 24.8 Å². The summed E-state index contributed by atoms with van der Waals surface area (Å²) >= 11 is 0. The Hall–Kier alpha value is -0.900. The number of rotatable bonds is 7. The Kier molecular flexibility index (Phi) is 5.83. The molecular formula is C16H25NO2. The summed E-state index contributed by atoms with van der Waals surface area (Å²) in [5.41, 5.74) is 1.36. The van der Waals surface area contributed by atoms with Gasteiger partial charge in [0.2, 0.25) is 0 Å². The van der Waals surface area contributed by atoms with Crippen LogP contribution in [0.2, 0.25) is 0 Å². The van der Waals surface area contributed by atoms with Crippen molar-refractivity contribution in [2.75, 3.05) is 26.3 Å². The first-order valence-corrected chi connectivity index (χ1v) is 7.33. The Morgan fingerprint density at radius 2 is 2.16 bits per heavy atom. The topological polar surface area (TPSA) is 32.7 Å². The summed E-state index contributed by atoms with van der Waals surface area (Å²) in [6, 6.07) is 11.0. The highest BCUT2D eigenvalue weighted by atomic mass is 16.5. The van der Waals surface area contributed by atoms with E-state index in [1.807, 2.05) is 13.0 Å². The van der Waals surface area contributed by atoms with Crippen LogP contribution < -0.4 is 0 Å². The Balaban J connectivity index is 1.89. The van der Waals surface area contributed by atoms with Gasteiger partial charge in [-0.25, -0.2) is 0 Å². The molecule has 106 valence electrons. The predicted molar refractivity (Wildman–Crippen MR) is 77.2 cm³/mol. The monoisotopic (exact) mass is 263 g/mol. The Morgan fingerprint density at radius 1 is 1.37 bits per heavy atom. The number of aliphatic hydroxyl groups excluding tert-OH is 1. The van der Waals surface area contributed by atoms with Crippen molar-refractivity contribution >= 4 is 0 Å². The first-order chi connectivity index (χ1) is 9.29. The third kappa shape index (κ3) is 4.60. The van der Waals surface area contributed by atoms with Crippen LogP contribution in [0.3, 0.4) is 0 Å². The molecule has 1 aromatic rings. The van der Waals surface area contributed by atoms with Crippen LogP contribution in [-0.2, 0) is 11.2 Å². The molecule has 1 aliphatic heterocycles. The van der Waals surface area contributed by atoms with E-state index in [-0.39, 0.29) is 6.10 Å². The van der Waals surface area contributed by atoms with Gasteiger partial charge < -0.3 is 9.84 Å².